The van der Waals surface area contributed by atoms with E-state index < -0.39 is 0 Å². The van der Waals surface area contributed by atoms with Gasteiger partial charge >= 0.3 is 0 Å². The minimum atomic E-state index is -0.166. The molecule has 0 aromatic rings. The molecule has 3 atom stereocenters. The highest BCUT2D eigenvalue weighted by Gasteiger charge is 2.40. The van der Waals surface area contributed by atoms with E-state index in [2.05, 4.69) is 24.5 Å². The van der Waals surface area contributed by atoms with Crippen LogP contribution in [0.25, 0.3) is 0 Å². The third-order valence-corrected chi connectivity index (χ3v) is 3.57. The highest BCUT2D eigenvalue weighted by atomic mass is 16.2. The molecule has 2 aliphatic rings. The van der Waals surface area contributed by atoms with Crippen LogP contribution in [0.2, 0.25) is 0 Å². The molecule has 3 heteroatoms. The summed E-state index contributed by atoms with van der Waals surface area (Å²) in [5, 5.41) is 6.44. The van der Waals surface area contributed by atoms with Gasteiger partial charge in [-0.3, -0.25) is 4.79 Å². The molecule has 0 radical (unpaired) electrons. The first-order valence-electron chi connectivity index (χ1n) is 5.63. The predicted molar refractivity (Wildman–Crippen MR) is 55.9 cm³/mol. The van der Waals surface area contributed by atoms with Crippen molar-refractivity contribution in [2.45, 2.75) is 39.2 Å². The zero-order chi connectivity index (χ0) is 10.2. The summed E-state index contributed by atoms with van der Waals surface area (Å²) in [5.74, 6) is 0.943. The highest BCUT2D eigenvalue weighted by molar-refractivity contribution is 5.83. The van der Waals surface area contributed by atoms with Crippen LogP contribution in [0.4, 0.5) is 0 Å². The smallest absolute Gasteiger partial charge is 0.227 e. The second-order valence-corrected chi connectivity index (χ2v) is 5.13. The summed E-state index contributed by atoms with van der Waals surface area (Å²) in [6.45, 7) is 6.15. The van der Waals surface area contributed by atoms with Crippen LogP contribution in [0.1, 0.15) is 33.1 Å². The van der Waals surface area contributed by atoms with Crippen LogP contribution >= 0.6 is 0 Å². The summed E-state index contributed by atoms with van der Waals surface area (Å²) in [4.78, 5) is 12.0. The number of hydrogen-bond donors (Lipinski definition) is 2. The monoisotopic (exact) mass is 196 g/mol. The summed E-state index contributed by atoms with van der Waals surface area (Å²) < 4.78 is 0. The van der Waals surface area contributed by atoms with E-state index in [1.165, 1.54) is 0 Å². The van der Waals surface area contributed by atoms with Crippen LogP contribution in [0, 0.1) is 11.3 Å². The van der Waals surface area contributed by atoms with Gasteiger partial charge in [-0.25, -0.2) is 0 Å². The maximum atomic E-state index is 12.0. The Labute approximate surface area is 85.6 Å². The fourth-order valence-electron chi connectivity index (χ4n) is 2.12. The van der Waals surface area contributed by atoms with Gasteiger partial charge < -0.3 is 10.6 Å². The number of hydrogen-bond acceptors (Lipinski definition) is 2. The van der Waals surface area contributed by atoms with Gasteiger partial charge in [0.1, 0.15) is 0 Å². The molecule has 1 amide bonds. The average Bonchev–Trinajstić information content (AvgIpc) is 2.83. The molecule has 0 aromatic heterocycles. The van der Waals surface area contributed by atoms with Crippen LogP contribution in [0.5, 0.6) is 0 Å². The van der Waals surface area contributed by atoms with E-state index >= 15 is 0 Å². The Kier molecular flexibility index (Phi) is 2.52. The Morgan fingerprint density at radius 1 is 1.57 bits per heavy atom. The lowest BCUT2D eigenvalue weighted by Gasteiger charge is -2.32. The third-order valence-electron chi connectivity index (χ3n) is 3.57. The lowest BCUT2D eigenvalue weighted by Crippen LogP contribution is -2.49. The Balaban J connectivity index is 1.88. The van der Waals surface area contributed by atoms with E-state index in [0.29, 0.717) is 12.0 Å². The van der Waals surface area contributed by atoms with E-state index in [1.54, 1.807) is 0 Å². The van der Waals surface area contributed by atoms with E-state index in [-0.39, 0.29) is 11.3 Å². The van der Waals surface area contributed by atoms with Crippen molar-refractivity contribution in [3.8, 4) is 0 Å². The molecule has 0 bridgehead atoms. The molecule has 1 saturated heterocycles. The first kappa shape index (κ1) is 9.97. The number of nitrogens with one attached hydrogen (secondary N) is 2. The molecule has 2 rings (SSSR count). The number of piperidine rings is 1. The molecular formula is C11H20N2O. The minimum absolute atomic E-state index is 0.166. The molecule has 0 spiro atoms. The number of amides is 1. The molecule has 1 heterocycles. The lowest BCUT2D eigenvalue weighted by atomic mass is 9.82. The van der Waals surface area contributed by atoms with Crippen molar-refractivity contribution in [1.82, 2.24) is 10.6 Å². The number of carbonyl (C=O) groups excluding carboxylic acids is 1. The lowest BCUT2D eigenvalue weighted by molar-refractivity contribution is -0.131. The number of carbonyl (C=O) groups is 1. The fraction of sp³-hybridized carbons (Fsp3) is 0.909. The van der Waals surface area contributed by atoms with E-state index in [1.807, 2.05) is 0 Å². The van der Waals surface area contributed by atoms with Gasteiger partial charge in [-0.2, -0.15) is 0 Å². The molecule has 14 heavy (non-hydrogen) atoms. The van der Waals surface area contributed by atoms with Crippen LogP contribution in [0.15, 0.2) is 0 Å². The molecule has 0 aromatic carbocycles. The zero-order valence-electron chi connectivity index (χ0n) is 9.10. The maximum Gasteiger partial charge on any atom is 0.227 e. The number of rotatable bonds is 2. The maximum absolute atomic E-state index is 12.0. The minimum Gasteiger partial charge on any atom is -0.353 e. The van der Waals surface area contributed by atoms with Gasteiger partial charge in [-0.05, 0) is 38.6 Å². The third kappa shape index (κ3) is 1.92. The first-order valence-corrected chi connectivity index (χ1v) is 5.63. The van der Waals surface area contributed by atoms with Crippen LogP contribution in [-0.4, -0.2) is 25.0 Å². The molecule has 2 N–H and O–H groups in total. The predicted octanol–water partition coefficient (Wildman–Crippen LogP) is 0.901. The van der Waals surface area contributed by atoms with Crippen molar-refractivity contribution in [1.29, 1.82) is 0 Å². The van der Waals surface area contributed by atoms with E-state index in [0.717, 1.165) is 32.4 Å². The Hall–Kier alpha value is -0.570. The highest BCUT2D eigenvalue weighted by Crippen LogP contribution is 2.32. The standard InChI is InChI=1S/C11H20N2O/c1-8-6-9(8)13-10(14)11(2)4-3-5-12-7-11/h8-9,12H,3-7H2,1-2H3,(H,13,14). The Morgan fingerprint density at radius 2 is 2.29 bits per heavy atom. The van der Waals surface area contributed by atoms with Crippen molar-refractivity contribution in [3.05, 3.63) is 0 Å². The second kappa shape index (κ2) is 3.54. The normalized spacial score (nSPS) is 41.9. The second-order valence-electron chi connectivity index (χ2n) is 5.13. The van der Waals surface area contributed by atoms with Crippen molar-refractivity contribution in [2.24, 2.45) is 11.3 Å². The van der Waals surface area contributed by atoms with Gasteiger partial charge in [0, 0.05) is 12.6 Å². The van der Waals surface area contributed by atoms with Gasteiger partial charge in [0.25, 0.3) is 0 Å². The van der Waals surface area contributed by atoms with E-state index in [9.17, 15) is 4.79 Å². The summed E-state index contributed by atoms with van der Waals surface area (Å²) in [5.41, 5.74) is -0.166. The van der Waals surface area contributed by atoms with Crippen molar-refractivity contribution >= 4 is 5.91 Å². The zero-order valence-corrected chi connectivity index (χ0v) is 9.10. The first-order chi connectivity index (χ1) is 6.62. The van der Waals surface area contributed by atoms with Crippen LogP contribution < -0.4 is 10.6 Å². The average molecular weight is 196 g/mol. The molecule has 2 fully saturated rings. The summed E-state index contributed by atoms with van der Waals surface area (Å²) in [7, 11) is 0. The molecular weight excluding hydrogens is 176 g/mol. The van der Waals surface area contributed by atoms with Gasteiger partial charge in [0.15, 0.2) is 0 Å². The molecule has 1 aliphatic heterocycles. The molecule has 80 valence electrons. The summed E-state index contributed by atoms with van der Waals surface area (Å²) >= 11 is 0. The van der Waals surface area contributed by atoms with Gasteiger partial charge in [0.2, 0.25) is 5.91 Å². The van der Waals surface area contributed by atoms with Gasteiger partial charge in [-0.1, -0.05) is 6.92 Å². The fourth-order valence-corrected chi connectivity index (χ4v) is 2.12. The summed E-state index contributed by atoms with van der Waals surface area (Å²) in [6.07, 6.45) is 3.30. The summed E-state index contributed by atoms with van der Waals surface area (Å²) in [6, 6.07) is 0.459. The molecule has 1 saturated carbocycles. The van der Waals surface area contributed by atoms with Gasteiger partial charge in [-0.15, -0.1) is 0 Å². The van der Waals surface area contributed by atoms with Crippen LogP contribution in [0.3, 0.4) is 0 Å². The SMILES string of the molecule is CC1CC1NC(=O)C1(C)CCCNC1. The Bertz CT molecular complexity index is 233. The largest absolute Gasteiger partial charge is 0.353 e. The molecule has 3 unspecified atom stereocenters. The van der Waals surface area contributed by atoms with Crippen molar-refractivity contribution in [3.63, 3.8) is 0 Å². The topological polar surface area (TPSA) is 41.1 Å². The Morgan fingerprint density at radius 3 is 2.79 bits per heavy atom. The van der Waals surface area contributed by atoms with Crippen LogP contribution in [-0.2, 0) is 4.79 Å². The quantitative estimate of drug-likeness (QED) is 0.689. The van der Waals surface area contributed by atoms with Crippen molar-refractivity contribution in [2.75, 3.05) is 13.1 Å². The van der Waals surface area contributed by atoms with Crippen molar-refractivity contribution < 1.29 is 4.79 Å². The molecule has 3 nitrogen and oxygen atoms in total. The van der Waals surface area contributed by atoms with E-state index in [4.69, 9.17) is 0 Å². The van der Waals surface area contributed by atoms with Gasteiger partial charge in [0.05, 0.1) is 5.41 Å². The molecule has 1 aliphatic carbocycles.